The van der Waals surface area contributed by atoms with Crippen molar-refractivity contribution in [1.29, 1.82) is 0 Å². The molecular formula is C32H39NO6. The monoisotopic (exact) mass is 533 g/mol. The second kappa shape index (κ2) is 13.5. The number of likely N-dealkylation sites (tertiary alicyclic amines) is 1. The fraction of sp³-hybridized carbons (Fsp3) is 0.406. The fourth-order valence-electron chi connectivity index (χ4n) is 5.45. The van der Waals surface area contributed by atoms with Crippen molar-refractivity contribution < 1.29 is 28.5 Å². The predicted octanol–water partition coefficient (Wildman–Crippen LogP) is 5.44. The SMILES string of the molecule is COC(=O)CC[C@H]1CCCN1CCOC(c1ccc(OC)cc1)(c1ccc(OC)cc1)c1ccc(OC)cc1. The minimum atomic E-state index is -0.883. The summed E-state index contributed by atoms with van der Waals surface area (Å²) in [5.74, 6) is 2.18. The molecule has 0 aromatic heterocycles. The lowest BCUT2D eigenvalue weighted by Gasteiger charge is -2.37. The summed E-state index contributed by atoms with van der Waals surface area (Å²) >= 11 is 0. The molecule has 1 atom stereocenters. The molecule has 4 rings (SSSR count). The standard InChI is InChI=1S/C32H39NO6/c1-35-28-14-7-24(8-15-28)32(25-9-16-29(36-2)17-10-25,26-11-18-30(37-3)19-12-26)39-23-22-33-21-5-6-27(33)13-20-31(34)38-4/h7-12,14-19,27H,5-6,13,20-23H2,1-4H3/t27-/m1/s1. The van der Waals surface area contributed by atoms with Crippen LogP contribution in [0.3, 0.4) is 0 Å². The number of benzene rings is 3. The Hall–Kier alpha value is -3.55. The lowest BCUT2D eigenvalue weighted by atomic mass is 9.80. The van der Waals surface area contributed by atoms with Gasteiger partial charge in [-0.1, -0.05) is 36.4 Å². The second-order valence-corrected chi connectivity index (χ2v) is 9.66. The molecule has 0 radical (unpaired) electrons. The molecule has 1 heterocycles. The molecule has 1 aliphatic heterocycles. The molecule has 7 heteroatoms. The van der Waals surface area contributed by atoms with Gasteiger partial charge in [-0.3, -0.25) is 9.69 Å². The van der Waals surface area contributed by atoms with Gasteiger partial charge in [-0.2, -0.15) is 0 Å². The zero-order valence-electron chi connectivity index (χ0n) is 23.4. The third-order valence-electron chi connectivity index (χ3n) is 7.60. The Bertz CT molecular complexity index is 1060. The van der Waals surface area contributed by atoms with Crippen molar-refractivity contribution in [2.75, 3.05) is 48.1 Å². The number of hydrogen-bond donors (Lipinski definition) is 0. The van der Waals surface area contributed by atoms with Gasteiger partial charge in [0.05, 0.1) is 35.0 Å². The highest BCUT2D eigenvalue weighted by Gasteiger charge is 2.38. The summed E-state index contributed by atoms with van der Waals surface area (Å²) in [6, 6.07) is 24.5. The molecular weight excluding hydrogens is 494 g/mol. The predicted molar refractivity (Wildman–Crippen MR) is 151 cm³/mol. The maximum atomic E-state index is 11.7. The first-order valence-electron chi connectivity index (χ1n) is 13.4. The molecule has 0 spiro atoms. The van der Waals surface area contributed by atoms with E-state index in [0.717, 1.165) is 66.3 Å². The van der Waals surface area contributed by atoms with Gasteiger partial charge in [-0.05, 0) is 78.9 Å². The van der Waals surface area contributed by atoms with Crippen LogP contribution >= 0.6 is 0 Å². The van der Waals surface area contributed by atoms with Gasteiger partial charge in [-0.15, -0.1) is 0 Å². The van der Waals surface area contributed by atoms with E-state index in [1.54, 1.807) is 21.3 Å². The van der Waals surface area contributed by atoms with E-state index in [1.807, 2.05) is 36.4 Å². The molecule has 39 heavy (non-hydrogen) atoms. The first kappa shape index (κ1) is 28.5. The van der Waals surface area contributed by atoms with Crippen molar-refractivity contribution in [2.45, 2.75) is 37.3 Å². The highest BCUT2D eigenvalue weighted by Crippen LogP contribution is 2.42. The van der Waals surface area contributed by atoms with Crippen LogP contribution < -0.4 is 14.2 Å². The second-order valence-electron chi connectivity index (χ2n) is 9.66. The lowest BCUT2D eigenvalue weighted by molar-refractivity contribution is -0.141. The molecule has 208 valence electrons. The molecule has 0 saturated carbocycles. The van der Waals surface area contributed by atoms with Crippen LogP contribution in [0.5, 0.6) is 17.2 Å². The van der Waals surface area contributed by atoms with E-state index in [-0.39, 0.29) is 5.97 Å². The Morgan fingerprint density at radius 2 is 1.23 bits per heavy atom. The number of ether oxygens (including phenoxy) is 5. The molecule has 1 aliphatic rings. The Balaban J connectivity index is 1.69. The minimum Gasteiger partial charge on any atom is -0.497 e. The van der Waals surface area contributed by atoms with Crippen molar-refractivity contribution in [3.63, 3.8) is 0 Å². The molecule has 1 saturated heterocycles. The summed E-state index contributed by atoms with van der Waals surface area (Å²) in [7, 11) is 6.44. The molecule has 0 unspecified atom stereocenters. The zero-order valence-corrected chi connectivity index (χ0v) is 23.4. The fourth-order valence-corrected chi connectivity index (χ4v) is 5.45. The smallest absolute Gasteiger partial charge is 0.305 e. The molecule has 0 amide bonds. The topological polar surface area (TPSA) is 66.5 Å². The van der Waals surface area contributed by atoms with Crippen LogP contribution in [-0.2, 0) is 19.9 Å². The van der Waals surface area contributed by atoms with E-state index in [0.29, 0.717) is 19.1 Å². The largest absolute Gasteiger partial charge is 0.497 e. The summed E-state index contributed by atoms with van der Waals surface area (Å²) in [5.41, 5.74) is 2.08. The highest BCUT2D eigenvalue weighted by atomic mass is 16.5. The van der Waals surface area contributed by atoms with Gasteiger partial charge in [0.1, 0.15) is 22.8 Å². The van der Waals surface area contributed by atoms with Crippen LogP contribution in [0.1, 0.15) is 42.4 Å². The van der Waals surface area contributed by atoms with Crippen LogP contribution in [0.15, 0.2) is 72.8 Å². The van der Waals surface area contributed by atoms with Gasteiger partial charge in [0.15, 0.2) is 0 Å². The first-order valence-corrected chi connectivity index (χ1v) is 13.4. The van der Waals surface area contributed by atoms with E-state index < -0.39 is 5.60 Å². The van der Waals surface area contributed by atoms with Crippen molar-refractivity contribution in [3.8, 4) is 17.2 Å². The number of carbonyl (C=O) groups is 1. The third-order valence-corrected chi connectivity index (χ3v) is 7.60. The van der Waals surface area contributed by atoms with Crippen molar-refractivity contribution in [1.82, 2.24) is 4.90 Å². The van der Waals surface area contributed by atoms with Crippen LogP contribution in [-0.4, -0.2) is 65.0 Å². The quantitative estimate of drug-likeness (QED) is 0.214. The third kappa shape index (κ3) is 6.54. The molecule has 0 N–H and O–H groups in total. The average Bonchev–Trinajstić information content (AvgIpc) is 3.45. The molecule has 3 aromatic carbocycles. The number of rotatable bonds is 13. The number of hydrogen-bond acceptors (Lipinski definition) is 7. The van der Waals surface area contributed by atoms with Crippen molar-refractivity contribution in [3.05, 3.63) is 89.5 Å². The molecule has 3 aromatic rings. The lowest BCUT2D eigenvalue weighted by Crippen LogP contribution is -2.38. The summed E-state index contributed by atoms with van der Waals surface area (Å²) in [4.78, 5) is 14.2. The zero-order chi connectivity index (χ0) is 27.7. The Morgan fingerprint density at radius 1 is 0.769 bits per heavy atom. The summed E-state index contributed by atoms with van der Waals surface area (Å²) in [6.07, 6.45) is 3.43. The number of esters is 1. The molecule has 0 aliphatic carbocycles. The summed E-state index contributed by atoms with van der Waals surface area (Å²) in [6.45, 7) is 2.25. The van der Waals surface area contributed by atoms with E-state index in [2.05, 4.69) is 41.3 Å². The Kier molecular flexibility index (Phi) is 9.85. The Morgan fingerprint density at radius 3 is 1.64 bits per heavy atom. The number of methoxy groups -OCH3 is 4. The minimum absolute atomic E-state index is 0.157. The van der Waals surface area contributed by atoms with Gasteiger partial charge < -0.3 is 23.7 Å². The maximum absolute atomic E-state index is 11.7. The van der Waals surface area contributed by atoms with E-state index >= 15 is 0 Å². The van der Waals surface area contributed by atoms with Crippen molar-refractivity contribution in [2.24, 2.45) is 0 Å². The van der Waals surface area contributed by atoms with Gasteiger partial charge in [0.2, 0.25) is 0 Å². The van der Waals surface area contributed by atoms with Crippen LogP contribution in [0.4, 0.5) is 0 Å². The van der Waals surface area contributed by atoms with E-state index in [1.165, 1.54) is 7.11 Å². The first-order chi connectivity index (χ1) is 19.0. The molecule has 1 fully saturated rings. The van der Waals surface area contributed by atoms with Crippen molar-refractivity contribution >= 4 is 5.97 Å². The van der Waals surface area contributed by atoms with Gasteiger partial charge in [-0.25, -0.2) is 0 Å². The van der Waals surface area contributed by atoms with Crippen LogP contribution in [0.25, 0.3) is 0 Å². The Labute approximate surface area is 231 Å². The average molecular weight is 534 g/mol. The maximum Gasteiger partial charge on any atom is 0.305 e. The normalized spacial score (nSPS) is 15.6. The molecule has 7 nitrogen and oxygen atoms in total. The number of carbonyl (C=O) groups excluding carboxylic acids is 1. The van der Waals surface area contributed by atoms with Gasteiger partial charge in [0.25, 0.3) is 0 Å². The van der Waals surface area contributed by atoms with Crippen LogP contribution in [0, 0.1) is 0 Å². The summed E-state index contributed by atoms with van der Waals surface area (Å²) < 4.78 is 28.2. The van der Waals surface area contributed by atoms with E-state index in [9.17, 15) is 4.79 Å². The summed E-state index contributed by atoms with van der Waals surface area (Å²) in [5, 5.41) is 0. The molecule has 0 bridgehead atoms. The number of nitrogens with zero attached hydrogens (tertiary/aromatic N) is 1. The van der Waals surface area contributed by atoms with E-state index in [4.69, 9.17) is 23.7 Å². The van der Waals surface area contributed by atoms with Gasteiger partial charge >= 0.3 is 5.97 Å². The highest BCUT2D eigenvalue weighted by molar-refractivity contribution is 5.69. The van der Waals surface area contributed by atoms with Gasteiger partial charge in [0, 0.05) is 19.0 Å². The van der Waals surface area contributed by atoms with Crippen LogP contribution in [0.2, 0.25) is 0 Å².